The average molecular weight is 519 g/mol. The minimum absolute atomic E-state index is 0.0294. The summed E-state index contributed by atoms with van der Waals surface area (Å²) in [7, 11) is 1.52. The van der Waals surface area contributed by atoms with Gasteiger partial charge in [0.05, 0.1) is 35.5 Å². The van der Waals surface area contributed by atoms with Gasteiger partial charge in [0.2, 0.25) is 0 Å². The molecule has 2 unspecified atom stereocenters. The Bertz CT molecular complexity index is 1220. The first-order chi connectivity index (χ1) is 17.1. The Labute approximate surface area is 212 Å². The van der Waals surface area contributed by atoms with E-state index >= 15 is 0 Å². The standard InChI is InChI=1S/C26H34F3N6P/c1-5-7-11-34(10-6-2)18(4)21-12-22(33-16-26(28,29)36)20(13-31-21)25(30)23-14-32-24-9-8-19(17(3)27)15-35(23)24/h8-9,12-15,17,30H,4-7,10-11,16,36H2,1-3H3,(H,31,33). The third-order valence-corrected chi connectivity index (χ3v) is 6.09. The van der Waals surface area contributed by atoms with Crippen molar-refractivity contribution in [3.8, 4) is 0 Å². The van der Waals surface area contributed by atoms with E-state index in [1.807, 2.05) is 0 Å². The van der Waals surface area contributed by atoms with Gasteiger partial charge in [-0.3, -0.25) is 14.8 Å². The fraction of sp³-hybridized carbons (Fsp3) is 0.423. The van der Waals surface area contributed by atoms with Crippen molar-refractivity contribution >= 4 is 32.0 Å². The fourth-order valence-corrected chi connectivity index (χ4v) is 3.99. The van der Waals surface area contributed by atoms with Crippen molar-refractivity contribution in [1.29, 1.82) is 5.41 Å². The van der Waals surface area contributed by atoms with E-state index in [1.54, 1.807) is 28.8 Å². The number of anilines is 1. The van der Waals surface area contributed by atoms with Crippen LogP contribution in [-0.4, -0.2) is 50.3 Å². The van der Waals surface area contributed by atoms with Crippen molar-refractivity contribution in [2.45, 2.75) is 51.9 Å². The number of aromatic nitrogens is 3. The van der Waals surface area contributed by atoms with Crippen LogP contribution in [0.1, 0.15) is 68.7 Å². The summed E-state index contributed by atoms with van der Waals surface area (Å²) in [5.41, 5.74) is 0.321. The zero-order valence-corrected chi connectivity index (χ0v) is 22.1. The first kappa shape index (κ1) is 27.7. The highest BCUT2D eigenvalue weighted by Gasteiger charge is 2.24. The van der Waals surface area contributed by atoms with E-state index in [9.17, 15) is 13.2 Å². The molecule has 10 heteroatoms. The summed E-state index contributed by atoms with van der Waals surface area (Å²) in [4.78, 5) is 11.0. The Morgan fingerprint density at radius 2 is 1.97 bits per heavy atom. The molecule has 36 heavy (non-hydrogen) atoms. The summed E-state index contributed by atoms with van der Waals surface area (Å²) < 4.78 is 43.0. The molecule has 2 atom stereocenters. The van der Waals surface area contributed by atoms with E-state index < -0.39 is 18.4 Å². The molecule has 2 N–H and O–H groups in total. The molecular formula is C26H34F3N6P. The van der Waals surface area contributed by atoms with Gasteiger partial charge in [0.1, 0.15) is 11.8 Å². The summed E-state index contributed by atoms with van der Waals surface area (Å²) in [5, 5.41) is 11.7. The molecular weight excluding hydrogens is 484 g/mol. The number of unbranched alkanes of at least 4 members (excludes halogenated alkanes) is 1. The van der Waals surface area contributed by atoms with Crippen LogP contribution in [0.4, 0.5) is 18.9 Å². The van der Waals surface area contributed by atoms with Crippen LogP contribution in [0.5, 0.6) is 0 Å². The molecule has 0 saturated carbocycles. The molecule has 0 aliphatic rings. The maximum Gasteiger partial charge on any atom is 0.275 e. The Balaban J connectivity index is 2.03. The van der Waals surface area contributed by atoms with Crippen molar-refractivity contribution < 1.29 is 13.2 Å². The summed E-state index contributed by atoms with van der Waals surface area (Å²) in [6.07, 6.45) is 6.39. The minimum atomic E-state index is -3.04. The quantitative estimate of drug-likeness (QED) is 0.199. The molecule has 0 amide bonds. The molecule has 0 spiro atoms. The van der Waals surface area contributed by atoms with Crippen molar-refractivity contribution in [1.82, 2.24) is 19.3 Å². The third-order valence-electron chi connectivity index (χ3n) is 5.88. The van der Waals surface area contributed by atoms with E-state index in [2.05, 4.69) is 40.6 Å². The highest BCUT2D eigenvalue weighted by atomic mass is 31.0. The van der Waals surface area contributed by atoms with Crippen LogP contribution < -0.4 is 5.32 Å². The van der Waals surface area contributed by atoms with E-state index in [4.69, 9.17) is 5.41 Å². The van der Waals surface area contributed by atoms with Gasteiger partial charge in [-0.15, -0.1) is 0 Å². The normalized spacial score (nSPS) is 12.5. The Morgan fingerprint density at radius 3 is 2.61 bits per heavy atom. The number of hydrogen-bond donors (Lipinski definition) is 2. The number of nitrogens with one attached hydrogen (secondary N) is 2. The predicted molar refractivity (Wildman–Crippen MR) is 144 cm³/mol. The van der Waals surface area contributed by atoms with Crippen LogP contribution in [0.25, 0.3) is 11.3 Å². The van der Waals surface area contributed by atoms with Crippen LogP contribution in [0.2, 0.25) is 0 Å². The lowest BCUT2D eigenvalue weighted by Gasteiger charge is -2.26. The summed E-state index contributed by atoms with van der Waals surface area (Å²) in [6.45, 7) is 10.9. The molecule has 3 aromatic rings. The number of fused-ring (bicyclic) bond motifs is 1. The number of alkyl halides is 3. The third kappa shape index (κ3) is 6.64. The van der Waals surface area contributed by atoms with Gasteiger partial charge in [0.25, 0.3) is 5.66 Å². The van der Waals surface area contributed by atoms with Gasteiger partial charge in [0, 0.05) is 42.3 Å². The second-order valence-electron chi connectivity index (χ2n) is 8.84. The van der Waals surface area contributed by atoms with Crippen molar-refractivity contribution in [2.24, 2.45) is 0 Å². The SMILES string of the molecule is C=C(c1cc(NCC(F)(F)P)c(C(=N)c2cnc3ccc(C(C)F)cn23)cn1)N(CCC)CCCC. The van der Waals surface area contributed by atoms with Crippen molar-refractivity contribution in [2.75, 3.05) is 25.0 Å². The maximum atomic E-state index is 13.9. The zero-order valence-electron chi connectivity index (χ0n) is 21.0. The molecule has 0 fully saturated rings. The second-order valence-corrected chi connectivity index (χ2v) is 9.69. The van der Waals surface area contributed by atoms with Crippen LogP contribution in [0.3, 0.4) is 0 Å². The Hall–Kier alpha value is -2.93. The second kappa shape index (κ2) is 11.9. The highest BCUT2D eigenvalue weighted by Crippen LogP contribution is 2.28. The first-order valence-corrected chi connectivity index (χ1v) is 12.7. The molecule has 0 bridgehead atoms. The van der Waals surface area contributed by atoms with Gasteiger partial charge in [-0.1, -0.05) is 42.2 Å². The van der Waals surface area contributed by atoms with Gasteiger partial charge < -0.3 is 10.2 Å². The maximum absolute atomic E-state index is 13.9. The average Bonchev–Trinajstić information content (AvgIpc) is 3.27. The van der Waals surface area contributed by atoms with Crippen LogP contribution in [0, 0.1) is 5.41 Å². The zero-order chi connectivity index (χ0) is 26.5. The number of imidazole rings is 1. The lowest BCUT2D eigenvalue weighted by atomic mass is 10.1. The van der Waals surface area contributed by atoms with Crippen LogP contribution in [-0.2, 0) is 0 Å². The van der Waals surface area contributed by atoms with Crippen LogP contribution in [0.15, 0.2) is 43.4 Å². The van der Waals surface area contributed by atoms with Gasteiger partial charge >= 0.3 is 0 Å². The lowest BCUT2D eigenvalue weighted by molar-refractivity contribution is 0.120. The number of pyridine rings is 2. The smallest absolute Gasteiger partial charge is 0.275 e. The van der Waals surface area contributed by atoms with Crippen LogP contribution >= 0.6 is 9.24 Å². The molecule has 0 aliphatic heterocycles. The number of nitrogens with zero attached hydrogens (tertiary/aromatic N) is 4. The molecule has 6 nitrogen and oxygen atoms in total. The fourth-order valence-electron chi connectivity index (χ4n) is 3.89. The molecule has 0 aliphatic carbocycles. The summed E-state index contributed by atoms with van der Waals surface area (Å²) >= 11 is 0. The number of rotatable bonds is 13. The topological polar surface area (TPSA) is 69.3 Å². The first-order valence-electron chi connectivity index (χ1n) is 12.1. The Morgan fingerprint density at radius 1 is 1.22 bits per heavy atom. The molecule has 194 valence electrons. The van der Waals surface area contributed by atoms with Crippen molar-refractivity contribution in [3.63, 3.8) is 0 Å². The van der Waals surface area contributed by atoms with E-state index in [1.165, 1.54) is 28.6 Å². The molecule has 0 aromatic carbocycles. The minimum Gasteiger partial charge on any atom is -0.378 e. The van der Waals surface area contributed by atoms with Gasteiger partial charge in [0.15, 0.2) is 0 Å². The molecule has 3 aromatic heterocycles. The van der Waals surface area contributed by atoms with Gasteiger partial charge in [-0.25, -0.2) is 18.2 Å². The highest BCUT2D eigenvalue weighted by molar-refractivity contribution is 7.18. The molecule has 0 saturated heterocycles. The number of hydrogen-bond acceptors (Lipinski definition) is 5. The van der Waals surface area contributed by atoms with Crippen molar-refractivity contribution in [3.05, 3.63) is 65.9 Å². The van der Waals surface area contributed by atoms with Gasteiger partial charge in [-0.05, 0) is 31.9 Å². The summed E-state index contributed by atoms with van der Waals surface area (Å²) in [5.74, 6) is 0. The predicted octanol–water partition coefficient (Wildman–Crippen LogP) is 6.54. The summed E-state index contributed by atoms with van der Waals surface area (Å²) in [6, 6.07) is 4.99. The Kier molecular flexibility index (Phi) is 9.12. The van der Waals surface area contributed by atoms with Gasteiger partial charge in [-0.2, -0.15) is 0 Å². The van der Waals surface area contributed by atoms with E-state index in [0.29, 0.717) is 39.5 Å². The largest absolute Gasteiger partial charge is 0.378 e. The van der Waals surface area contributed by atoms with E-state index in [-0.39, 0.29) is 5.71 Å². The van der Waals surface area contributed by atoms with E-state index in [0.717, 1.165) is 32.4 Å². The molecule has 0 radical (unpaired) electrons. The lowest BCUT2D eigenvalue weighted by Crippen LogP contribution is -2.25. The monoisotopic (exact) mass is 518 g/mol. The molecule has 3 heterocycles. The molecule has 3 rings (SSSR count). The number of halogens is 3.